The third-order valence-corrected chi connectivity index (χ3v) is 4.61. The second-order valence-corrected chi connectivity index (χ2v) is 6.91. The van der Waals surface area contributed by atoms with Gasteiger partial charge in [0.25, 0.3) is 0 Å². The molecule has 2 rings (SSSR count). The van der Waals surface area contributed by atoms with Gasteiger partial charge in [-0.2, -0.15) is 0 Å². The van der Waals surface area contributed by atoms with E-state index in [4.69, 9.17) is 14.4 Å². The standard InChI is InChI=1S/C19H24BFO3/c1-14(16-11-9-15(10-12-16)8-6-7-13-22)17(21)20-23-18(2,3)19(4,5)24-20/h9-12,22H,7,13H2,1-5H3. The maximum atomic E-state index is 14.8. The van der Waals surface area contributed by atoms with Gasteiger partial charge in [0.1, 0.15) is 5.73 Å². The van der Waals surface area contributed by atoms with Crippen molar-refractivity contribution in [3.63, 3.8) is 0 Å². The van der Waals surface area contributed by atoms with Gasteiger partial charge in [0.15, 0.2) is 0 Å². The van der Waals surface area contributed by atoms with Crippen molar-refractivity contribution in [2.45, 2.75) is 52.2 Å². The predicted octanol–water partition coefficient (Wildman–Crippen LogP) is 3.75. The maximum Gasteiger partial charge on any atom is 0.525 e. The van der Waals surface area contributed by atoms with Crippen molar-refractivity contribution in [1.29, 1.82) is 0 Å². The summed E-state index contributed by atoms with van der Waals surface area (Å²) in [5.41, 5.74) is 0.533. The number of aliphatic hydroxyl groups is 1. The van der Waals surface area contributed by atoms with Crippen molar-refractivity contribution in [1.82, 2.24) is 0 Å². The zero-order valence-corrected chi connectivity index (χ0v) is 14.9. The van der Waals surface area contributed by atoms with E-state index in [1.165, 1.54) is 0 Å². The molecule has 0 spiro atoms. The molecule has 1 N–H and O–H groups in total. The van der Waals surface area contributed by atoms with Gasteiger partial charge in [-0.25, -0.2) is 4.39 Å². The van der Waals surface area contributed by atoms with Crippen molar-refractivity contribution in [2.24, 2.45) is 0 Å². The first-order valence-corrected chi connectivity index (χ1v) is 8.10. The van der Waals surface area contributed by atoms with Crippen LogP contribution in [0.25, 0.3) is 5.57 Å². The van der Waals surface area contributed by atoms with Gasteiger partial charge in [-0.05, 0) is 57.9 Å². The summed E-state index contributed by atoms with van der Waals surface area (Å²) in [6.45, 7) is 9.36. The molecule has 3 nitrogen and oxygen atoms in total. The molecule has 0 saturated carbocycles. The molecule has 0 aromatic heterocycles. The molecule has 0 bridgehead atoms. The van der Waals surface area contributed by atoms with Crippen molar-refractivity contribution < 1.29 is 18.8 Å². The van der Waals surface area contributed by atoms with E-state index in [1.54, 1.807) is 6.92 Å². The van der Waals surface area contributed by atoms with E-state index >= 15 is 0 Å². The normalized spacial score (nSPS) is 19.5. The Hall–Kier alpha value is -1.61. The highest BCUT2D eigenvalue weighted by atomic mass is 19.1. The molecule has 0 radical (unpaired) electrons. The van der Waals surface area contributed by atoms with Crippen LogP contribution in [0.3, 0.4) is 0 Å². The van der Waals surface area contributed by atoms with E-state index in [-0.39, 0.29) is 6.61 Å². The second-order valence-electron chi connectivity index (χ2n) is 6.91. The van der Waals surface area contributed by atoms with E-state index in [0.717, 1.165) is 11.1 Å². The van der Waals surface area contributed by atoms with Crippen LogP contribution in [0, 0.1) is 11.8 Å². The fourth-order valence-electron chi connectivity index (χ4n) is 2.29. The minimum absolute atomic E-state index is 0.0478. The molecule has 1 saturated heterocycles. The molecule has 1 aliphatic heterocycles. The van der Waals surface area contributed by atoms with Crippen LogP contribution < -0.4 is 0 Å². The summed E-state index contributed by atoms with van der Waals surface area (Å²) >= 11 is 0. The molecule has 0 unspecified atom stereocenters. The lowest BCUT2D eigenvalue weighted by Gasteiger charge is -2.32. The summed E-state index contributed by atoms with van der Waals surface area (Å²) in [7, 11) is -0.987. The van der Waals surface area contributed by atoms with Crippen LogP contribution in [-0.2, 0) is 9.31 Å². The lowest BCUT2D eigenvalue weighted by Crippen LogP contribution is -2.41. The van der Waals surface area contributed by atoms with Gasteiger partial charge in [0.2, 0.25) is 0 Å². The van der Waals surface area contributed by atoms with E-state index in [9.17, 15) is 4.39 Å². The molecule has 1 heterocycles. The molecule has 1 aromatic rings. The number of hydrogen-bond acceptors (Lipinski definition) is 3. The van der Waals surface area contributed by atoms with E-state index in [1.807, 2.05) is 52.0 Å². The Morgan fingerprint density at radius 2 is 1.67 bits per heavy atom. The molecule has 0 aliphatic carbocycles. The number of benzene rings is 1. The van der Waals surface area contributed by atoms with E-state index in [2.05, 4.69) is 11.8 Å². The molecule has 1 aliphatic rings. The molecule has 1 fully saturated rings. The number of halogens is 1. The van der Waals surface area contributed by atoms with Crippen LogP contribution in [0.5, 0.6) is 0 Å². The minimum Gasteiger partial charge on any atom is -0.398 e. The number of rotatable bonds is 3. The van der Waals surface area contributed by atoms with Gasteiger partial charge in [-0.15, -0.1) is 0 Å². The molecule has 0 atom stereocenters. The Bertz CT molecular complexity index is 665. The first kappa shape index (κ1) is 18.7. The van der Waals surface area contributed by atoms with Crippen molar-refractivity contribution in [2.75, 3.05) is 6.61 Å². The van der Waals surface area contributed by atoms with Gasteiger partial charge in [-0.1, -0.05) is 24.0 Å². The zero-order valence-electron chi connectivity index (χ0n) is 14.9. The van der Waals surface area contributed by atoms with Crippen molar-refractivity contribution >= 4 is 12.7 Å². The molecular formula is C19H24BFO3. The van der Waals surface area contributed by atoms with Gasteiger partial charge in [0.05, 0.1) is 17.8 Å². The SMILES string of the molecule is CC(=C(F)B1OC(C)(C)C(C)(C)O1)c1ccc(C#CCCO)cc1. The molecule has 128 valence electrons. The number of hydrogen-bond donors (Lipinski definition) is 1. The lowest BCUT2D eigenvalue weighted by atomic mass is 9.83. The highest BCUT2D eigenvalue weighted by Crippen LogP contribution is 2.40. The first-order valence-electron chi connectivity index (χ1n) is 8.10. The van der Waals surface area contributed by atoms with E-state index < -0.39 is 24.0 Å². The van der Waals surface area contributed by atoms with Crippen LogP contribution in [0.15, 0.2) is 30.0 Å². The Kier molecular flexibility index (Phi) is 5.54. The van der Waals surface area contributed by atoms with Gasteiger partial charge in [-0.3, -0.25) is 0 Å². The molecular weight excluding hydrogens is 306 g/mol. The fraction of sp³-hybridized carbons (Fsp3) is 0.474. The summed E-state index contributed by atoms with van der Waals surface area (Å²) in [6, 6.07) is 7.31. The number of aliphatic hydroxyl groups excluding tert-OH is 1. The summed E-state index contributed by atoms with van der Waals surface area (Å²) in [4.78, 5) is 0. The molecule has 5 heteroatoms. The van der Waals surface area contributed by atoms with Crippen LogP contribution in [0.1, 0.15) is 52.2 Å². The fourth-order valence-corrected chi connectivity index (χ4v) is 2.29. The summed E-state index contributed by atoms with van der Waals surface area (Å²) in [5, 5.41) is 8.73. The monoisotopic (exact) mass is 330 g/mol. The third kappa shape index (κ3) is 3.89. The Balaban J connectivity index is 2.20. The summed E-state index contributed by atoms with van der Waals surface area (Å²) in [6.07, 6.45) is 0.442. The Morgan fingerprint density at radius 3 is 2.17 bits per heavy atom. The first-order chi connectivity index (χ1) is 11.2. The van der Waals surface area contributed by atoms with Crippen LogP contribution in [-0.4, -0.2) is 30.0 Å². The highest BCUT2D eigenvalue weighted by molar-refractivity contribution is 6.55. The van der Waals surface area contributed by atoms with Crippen molar-refractivity contribution in [3.05, 3.63) is 41.1 Å². The lowest BCUT2D eigenvalue weighted by molar-refractivity contribution is 0.00578. The van der Waals surface area contributed by atoms with Crippen LogP contribution in [0.4, 0.5) is 4.39 Å². The zero-order chi connectivity index (χ0) is 18.0. The van der Waals surface area contributed by atoms with Gasteiger partial charge in [0, 0.05) is 12.0 Å². The predicted molar refractivity (Wildman–Crippen MR) is 94.8 cm³/mol. The van der Waals surface area contributed by atoms with Crippen molar-refractivity contribution in [3.8, 4) is 11.8 Å². The van der Waals surface area contributed by atoms with Crippen LogP contribution in [0.2, 0.25) is 0 Å². The Morgan fingerprint density at radius 1 is 1.12 bits per heavy atom. The van der Waals surface area contributed by atoms with Gasteiger partial charge < -0.3 is 14.4 Å². The third-order valence-electron chi connectivity index (χ3n) is 4.61. The summed E-state index contributed by atoms with van der Waals surface area (Å²) < 4.78 is 26.3. The second kappa shape index (κ2) is 7.10. The minimum atomic E-state index is -0.987. The quantitative estimate of drug-likeness (QED) is 0.678. The average molecular weight is 330 g/mol. The molecule has 0 amide bonds. The van der Waals surface area contributed by atoms with Gasteiger partial charge >= 0.3 is 7.12 Å². The topological polar surface area (TPSA) is 38.7 Å². The molecule has 1 aromatic carbocycles. The summed E-state index contributed by atoms with van der Waals surface area (Å²) in [5.74, 6) is 5.81. The Labute approximate surface area is 144 Å². The maximum absolute atomic E-state index is 14.8. The number of allylic oxidation sites excluding steroid dienone is 1. The highest BCUT2D eigenvalue weighted by Gasteiger charge is 2.53. The van der Waals surface area contributed by atoms with Crippen LogP contribution >= 0.6 is 0 Å². The smallest absolute Gasteiger partial charge is 0.398 e. The molecule has 24 heavy (non-hydrogen) atoms. The largest absolute Gasteiger partial charge is 0.525 e. The van der Waals surface area contributed by atoms with E-state index in [0.29, 0.717) is 12.0 Å². The average Bonchev–Trinajstić information content (AvgIpc) is 2.75.